The van der Waals surface area contributed by atoms with E-state index >= 15 is 0 Å². The molecular weight excluding hydrogens is 1030 g/mol. The predicted molar refractivity (Wildman–Crippen MR) is 347 cm³/mol. The van der Waals surface area contributed by atoms with Crippen LogP contribution >= 0.6 is 11.3 Å². The molecule has 0 bridgehead atoms. The lowest BCUT2D eigenvalue weighted by molar-refractivity contribution is 1.02. The minimum Gasteiger partial charge on any atom is -0.306 e. The molecule has 0 radical (unpaired) electrons. The van der Waals surface area contributed by atoms with Crippen molar-refractivity contribution >= 4 is 140 Å². The van der Waals surface area contributed by atoms with Crippen LogP contribution in [0.4, 0.5) is 0 Å². The number of thiophene rings is 1. The third-order valence-corrected chi connectivity index (χ3v) is 18.8. The predicted octanol–water partition coefficient (Wildman–Crippen LogP) is 20.2. The van der Waals surface area contributed by atoms with Crippen LogP contribution in [0.1, 0.15) is 11.1 Å². The van der Waals surface area contributed by atoms with E-state index in [1.54, 1.807) is 11.3 Å². The first-order chi connectivity index (χ1) is 41.2. The van der Waals surface area contributed by atoms with Crippen LogP contribution in [-0.4, -0.2) is 18.3 Å². The molecular formula is C76H42N6S. The van der Waals surface area contributed by atoms with E-state index in [4.69, 9.17) is 0 Å². The topological polar surface area (TPSA) is 67.3 Å². The second kappa shape index (κ2) is 17.1. The average molecular weight is 1070 g/mol. The SMILES string of the molecule is N#Cc1c(-n2c3ccccc3c3ccccc32)c(-n2c3ccccc3c3ccccc32)c(C#N)c(-n2c3cc(-c4cccc5c4ccc4ccccc45)ccc3c3c4sc5ccccc5c4ccc32)c1-n1c2ccccc2c2ccccc21. The number of fused-ring (bicyclic) bond motifs is 19. The molecule has 0 saturated carbocycles. The van der Waals surface area contributed by atoms with Gasteiger partial charge in [-0.15, -0.1) is 11.3 Å². The van der Waals surface area contributed by atoms with E-state index in [2.05, 4.69) is 285 Å². The molecule has 18 rings (SSSR count). The lowest BCUT2D eigenvalue weighted by Crippen LogP contribution is -2.16. The van der Waals surface area contributed by atoms with Crippen molar-refractivity contribution in [2.24, 2.45) is 0 Å². The van der Waals surface area contributed by atoms with Gasteiger partial charge in [-0.1, -0.05) is 200 Å². The lowest BCUT2D eigenvalue weighted by Gasteiger charge is -2.27. The van der Waals surface area contributed by atoms with Gasteiger partial charge in [0.05, 0.1) is 66.9 Å². The summed E-state index contributed by atoms with van der Waals surface area (Å²) in [6, 6.07) is 96.7. The molecule has 18 aromatic rings. The summed E-state index contributed by atoms with van der Waals surface area (Å²) in [6.07, 6.45) is 0. The van der Waals surface area contributed by atoms with Crippen LogP contribution in [0.15, 0.2) is 255 Å². The Hall–Kier alpha value is -11.2. The maximum Gasteiger partial charge on any atom is 0.104 e. The molecule has 0 unspecified atom stereocenters. The molecule has 0 aliphatic heterocycles. The molecule has 0 atom stereocenters. The molecule has 0 aliphatic carbocycles. The van der Waals surface area contributed by atoms with E-state index in [-0.39, 0.29) is 0 Å². The van der Waals surface area contributed by atoms with Crippen molar-refractivity contribution in [2.45, 2.75) is 0 Å². The van der Waals surface area contributed by atoms with E-state index in [1.807, 2.05) is 0 Å². The van der Waals surface area contributed by atoms with Crippen molar-refractivity contribution in [3.05, 3.63) is 266 Å². The highest BCUT2D eigenvalue weighted by Crippen LogP contribution is 2.51. The molecule has 0 spiro atoms. The van der Waals surface area contributed by atoms with Gasteiger partial charge in [0.2, 0.25) is 0 Å². The van der Waals surface area contributed by atoms with E-state index in [9.17, 15) is 10.5 Å². The Morgan fingerprint density at radius 2 is 0.675 bits per heavy atom. The number of nitriles is 2. The van der Waals surface area contributed by atoms with E-state index in [0.29, 0.717) is 33.9 Å². The smallest absolute Gasteiger partial charge is 0.104 e. The number of nitrogens with zero attached hydrogens (tertiary/aromatic N) is 6. The number of benzene rings is 13. The Balaban J connectivity index is 1.12. The quantitative estimate of drug-likeness (QED) is 0.161. The van der Waals surface area contributed by atoms with Gasteiger partial charge in [0, 0.05) is 63.3 Å². The third kappa shape index (κ3) is 6.13. The van der Waals surface area contributed by atoms with Gasteiger partial charge in [-0.05, 0) is 87.3 Å². The number of para-hydroxylation sites is 6. The van der Waals surface area contributed by atoms with Gasteiger partial charge in [0.25, 0.3) is 0 Å². The minimum absolute atomic E-state index is 0.418. The normalized spacial score (nSPS) is 12.1. The van der Waals surface area contributed by atoms with Crippen molar-refractivity contribution in [2.75, 3.05) is 0 Å². The summed E-state index contributed by atoms with van der Waals surface area (Å²) in [5, 5.41) is 41.4. The van der Waals surface area contributed by atoms with Crippen LogP contribution in [0.25, 0.3) is 163 Å². The summed E-state index contributed by atoms with van der Waals surface area (Å²) >= 11 is 1.80. The van der Waals surface area contributed by atoms with Crippen molar-refractivity contribution in [1.82, 2.24) is 18.3 Å². The highest BCUT2D eigenvalue weighted by atomic mass is 32.1. The van der Waals surface area contributed by atoms with Crippen LogP contribution < -0.4 is 0 Å². The standard InChI is InChI=1S/C76H42N6S/c77-43-60-72(79-62-29-10-3-20-51(62)52-21-4-11-30-63(52)79)73(80-64-31-12-5-22-53(64)54-23-6-13-32-65(54)80)61(44-78)75(74(60)81-66-33-14-7-24-55(66)56-25-8-15-34-67(56)81)82-68-41-40-58-57-26-9-16-35-70(57)83-76(58)71(68)59-39-37-46(42-69(59)82)48-27-17-28-49-47-19-2-1-18-45(47)36-38-50(48)49/h1-42H. The van der Waals surface area contributed by atoms with Gasteiger partial charge in [0.1, 0.15) is 23.3 Å². The molecule has 13 aromatic carbocycles. The fourth-order valence-corrected chi connectivity index (χ4v) is 15.5. The second-order valence-electron chi connectivity index (χ2n) is 21.7. The number of hydrogen-bond donors (Lipinski definition) is 0. The Morgan fingerprint density at radius 1 is 0.277 bits per heavy atom. The summed E-state index contributed by atoms with van der Waals surface area (Å²) in [4.78, 5) is 0. The maximum atomic E-state index is 13.0. The molecule has 83 heavy (non-hydrogen) atoms. The van der Waals surface area contributed by atoms with E-state index < -0.39 is 0 Å². The van der Waals surface area contributed by atoms with Crippen LogP contribution in [-0.2, 0) is 0 Å². The summed E-state index contributed by atoms with van der Waals surface area (Å²) in [5.74, 6) is 0. The fourth-order valence-electron chi connectivity index (χ4n) is 14.3. The first-order valence-corrected chi connectivity index (χ1v) is 28.8. The van der Waals surface area contributed by atoms with Crippen LogP contribution in [0.5, 0.6) is 0 Å². The van der Waals surface area contributed by atoms with Crippen LogP contribution in [0.2, 0.25) is 0 Å². The molecule has 5 aromatic heterocycles. The molecule has 7 heteroatoms. The fraction of sp³-hybridized carbons (Fsp3) is 0. The van der Waals surface area contributed by atoms with Gasteiger partial charge in [-0.3, -0.25) is 0 Å². The number of rotatable bonds is 5. The van der Waals surface area contributed by atoms with Gasteiger partial charge in [-0.2, -0.15) is 10.5 Å². The highest BCUT2D eigenvalue weighted by Gasteiger charge is 2.35. The van der Waals surface area contributed by atoms with E-state index in [0.717, 1.165) is 104 Å². The maximum absolute atomic E-state index is 13.0. The van der Waals surface area contributed by atoms with Gasteiger partial charge in [-0.25, -0.2) is 0 Å². The van der Waals surface area contributed by atoms with Crippen LogP contribution in [0, 0.1) is 22.7 Å². The van der Waals surface area contributed by atoms with Gasteiger partial charge >= 0.3 is 0 Å². The third-order valence-electron chi connectivity index (χ3n) is 17.6. The minimum atomic E-state index is 0.418. The van der Waals surface area contributed by atoms with Crippen LogP contribution in [0.3, 0.4) is 0 Å². The number of aromatic nitrogens is 4. The molecule has 0 N–H and O–H groups in total. The Bertz CT molecular complexity index is 5820. The zero-order valence-corrected chi connectivity index (χ0v) is 45.2. The summed E-state index contributed by atoms with van der Waals surface area (Å²) in [7, 11) is 0. The number of hydrogen-bond acceptors (Lipinski definition) is 3. The largest absolute Gasteiger partial charge is 0.306 e. The molecule has 0 fully saturated rings. The summed E-state index contributed by atoms with van der Waals surface area (Å²) in [6.45, 7) is 0. The highest BCUT2D eigenvalue weighted by molar-refractivity contribution is 7.26. The zero-order chi connectivity index (χ0) is 54.6. The zero-order valence-electron chi connectivity index (χ0n) is 44.3. The van der Waals surface area contributed by atoms with Gasteiger partial charge in [0.15, 0.2) is 0 Å². The summed E-state index contributed by atoms with van der Waals surface area (Å²) in [5.41, 5.74) is 12.8. The molecule has 0 amide bonds. The monoisotopic (exact) mass is 1070 g/mol. The molecule has 0 saturated heterocycles. The van der Waals surface area contributed by atoms with Gasteiger partial charge < -0.3 is 18.3 Å². The van der Waals surface area contributed by atoms with Crippen molar-refractivity contribution in [1.29, 1.82) is 10.5 Å². The Kier molecular flexibility index (Phi) is 9.42. The molecule has 6 nitrogen and oxygen atoms in total. The molecule has 382 valence electrons. The Morgan fingerprint density at radius 3 is 1.17 bits per heavy atom. The van der Waals surface area contributed by atoms with Crippen molar-refractivity contribution in [3.63, 3.8) is 0 Å². The lowest BCUT2D eigenvalue weighted by atomic mass is 9.94. The second-order valence-corrected chi connectivity index (χ2v) is 22.7. The molecule has 5 heterocycles. The Labute approximate surface area is 478 Å². The van der Waals surface area contributed by atoms with Crippen molar-refractivity contribution < 1.29 is 0 Å². The summed E-state index contributed by atoms with van der Waals surface area (Å²) < 4.78 is 11.5. The molecule has 0 aliphatic rings. The first kappa shape index (κ1) is 45.6. The van der Waals surface area contributed by atoms with E-state index in [1.165, 1.54) is 36.3 Å². The average Bonchev–Trinajstić information content (AvgIpc) is 2.00. The first-order valence-electron chi connectivity index (χ1n) is 28.0. The van der Waals surface area contributed by atoms with Crippen molar-refractivity contribution in [3.8, 4) is 46.0 Å².